The fourth-order valence-corrected chi connectivity index (χ4v) is 2.50. The highest BCUT2D eigenvalue weighted by molar-refractivity contribution is 8.01. The van der Waals surface area contributed by atoms with Crippen molar-refractivity contribution in [3.05, 3.63) is 35.2 Å². The molecule has 1 aromatic carbocycles. The fraction of sp³-hybridized carbons (Fsp3) is 0.222. The van der Waals surface area contributed by atoms with E-state index in [9.17, 15) is 38.6 Å². The van der Waals surface area contributed by atoms with Crippen LogP contribution in [0.3, 0.4) is 0 Å². The molecule has 0 saturated heterocycles. The average Bonchev–Trinajstić information content (AvgIpc) is 2.25. The van der Waals surface area contributed by atoms with E-state index in [4.69, 9.17) is 6.57 Å². The Morgan fingerprint density at radius 2 is 1.52 bits per heavy atom. The van der Waals surface area contributed by atoms with Crippen LogP contribution in [0.25, 0.3) is 4.85 Å². The number of alkyl halides is 4. The number of nitrogens with zero attached hydrogens (tertiary/aromatic N) is 1. The van der Waals surface area contributed by atoms with Crippen LogP contribution in [0.1, 0.15) is 0 Å². The third-order valence-corrected chi connectivity index (χ3v) is 3.98. The molecule has 0 aliphatic rings. The first-order valence-electron chi connectivity index (χ1n) is 4.59. The van der Waals surface area contributed by atoms with Crippen LogP contribution in [-0.2, 0) is 10.2 Å². The molecule has 12 heteroatoms. The van der Waals surface area contributed by atoms with Gasteiger partial charge in [-0.2, -0.15) is 26.0 Å². The zero-order valence-electron chi connectivity index (χ0n) is 9.38. The van der Waals surface area contributed by atoms with Gasteiger partial charge in [0, 0.05) is 4.90 Å². The van der Waals surface area contributed by atoms with Crippen LogP contribution >= 0.6 is 11.8 Å². The number of rotatable bonds is 4. The zero-order valence-corrected chi connectivity index (χ0v) is 11.0. The van der Waals surface area contributed by atoms with Crippen molar-refractivity contribution < 1.29 is 38.6 Å². The molecule has 21 heavy (non-hydrogen) atoms. The van der Waals surface area contributed by atoms with E-state index in [2.05, 4.69) is 4.85 Å². The predicted molar refractivity (Wildman–Crippen MR) is 58.4 cm³/mol. The Morgan fingerprint density at radius 1 is 1.10 bits per heavy atom. The first-order valence-corrected chi connectivity index (χ1v) is 6.79. The van der Waals surface area contributed by atoms with Crippen molar-refractivity contribution in [2.75, 3.05) is 0 Å². The van der Waals surface area contributed by atoms with Gasteiger partial charge in [-0.1, -0.05) is 3.89 Å². The normalized spacial score (nSPS) is 13.0. The van der Waals surface area contributed by atoms with Gasteiger partial charge in [-0.3, -0.25) is 0 Å². The summed E-state index contributed by atoms with van der Waals surface area (Å²) in [4.78, 5) is 1.25. The van der Waals surface area contributed by atoms with Crippen molar-refractivity contribution in [3.63, 3.8) is 0 Å². The average molecular weight is 353 g/mol. The van der Waals surface area contributed by atoms with Crippen LogP contribution in [0.5, 0.6) is 0 Å². The molecule has 0 saturated carbocycles. The molecule has 0 unspecified atom stereocenters. The van der Waals surface area contributed by atoms with E-state index in [-0.39, 0.29) is 12.1 Å². The summed E-state index contributed by atoms with van der Waals surface area (Å²) in [6.45, 7) is 6.40. The monoisotopic (exact) mass is 353 g/mol. The van der Waals surface area contributed by atoms with Gasteiger partial charge in [0.05, 0.1) is 6.57 Å². The van der Waals surface area contributed by atoms with Crippen LogP contribution in [0.15, 0.2) is 17.0 Å². The van der Waals surface area contributed by atoms with Crippen LogP contribution in [0, 0.1) is 18.2 Å². The van der Waals surface area contributed by atoms with E-state index in [0.717, 1.165) is 0 Å². The molecule has 0 aliphatic heterocycles. The highest BCUT2D eigenvalue weighted by atomic mass is 32.3. The summed E-state index contributed by atoms with van der Waals surface area (Å²) in [5.74, 6) is -3.23. The van der Waals surface area contributed by atoms with Gasteiger partial charge < -0.3 is 0 Å². The molecular formula is C9H2F7NO2S2. The lowest BCUT2D eigenvalue weighted by atomic mass is 10.3. The third-order valence-electron chi connectivity index (χ3n) is 1.99. The van der Waals surface area contributed by atoms with E-state index in [0.29, 0.717) is 0 Å². The molecule has 0 fully saturated rings. The maximum atomic E-state index is 13.1. The maximum Gasteiger partial charge on any atom is 0.446 e. The molecule has 0 radical (unpaired) electrons. The largest absolute Gasteiger partial charge is 0.446 e. The molecule has 0 spiro atoms. The topological polar surface area (TPSA) is 38.5 Å². The molecule has 1 aromatic rings. The first-order chi connectivity index (χ1) is 9.33. The summed E-state index contributed by atoms with van der Waals surface area (Å²) >= 11 is -1.26. The SMILES string of the molecule is [C-]#[N+]c1c(F)cc(SC(F)(F)C(F)(F)S(=O)(=O)F)cc1F. The van der Waals surface area contributed by atoms with Gasteiger partial charge >= 0.3 is 20.7 Å². The second-order valence-electron chi connectivity index (χ2n) is 3.42. The number of hydrogen-bond donors (Lipinski definition) is 0. The molecule has 0 bridgehead atoms. The minimum atomic E-state index is -6.95. The second kappa shape index (κ2) is 5.38. The van der Waals surface area contributed by atoms with Gasteiger partial charge in [0.15, 0.2) is 0 Å². The minimum absolute atomic E-state index is 0.121. The van der Waals surface area contributed by atoms with Gasteiger partial charge in [0.2, 0.25) is 0 Å². The zero-order chi connectivity index (χ0) is 16.6. The highest BCUT2D eigenvalue weighted by Gasteiger charge is 2.67. The fourth-order valence-electron chi connectivity index (χ4n) is 1.06. The van der Waals surface area contributed by atoms with Crippen molar-refractivity contribution in [2.24, 2.45) is 0 Å². The third kappa shape index (κ3) is 3.24. The Balaban J connectivity index is 3.26. The van der Waals surface area contributed by atoms with Crippen LogP contribution in [-0.4, -0.2) is 18.9 Å². The van der Waals surface area contributed by atoms with Gasteiger partial charge in [-0.15, -0.1) is 0 Å². The molecule has 0 amide bonds. The summed E-state index contributed by atoms with van der Waals surface area (Å²) in [5, 5.41) is -11.6. The number of benzene rings is 1. The number of thioether (sulfide) groups is 1. The Bertz CT molecular complexity index is 688. The van der Waals surface area contributed by atoms with Gasteiger partial charge in [0.1, 0.15) is 11.6 Å². The number of hydrogen-bond acceptors (Lipinski definition) is 3. The lowest BCUT2D eigenvalue weighted by Gasteiger charge is -2.22. The Hall–Kier alpha value is -1.48. The van der Waals surface area contributed by atoms with E-state index in [1.165, 1.54) is 0 Å². The molecule has 0 aromatic heterocycles. The summed E-state index contributed by atoms with van der Waals surface area (Å²) in [6.07, 6.45) is 0. The lowest BCUT2D eigenvalue weighted by molar-refractivity contribution is -0.0927. The predicted octanol–water partition coefficient (Wildman–Crippen LogP) is 4.09. The highest BCUT2D eigenvalue weighted by Crippen LogP contribution is 2.50. The summed E-state index contributed by atoms with van der Waals surface area (Å²) in [6, 6.07) is 0.242. The smallest absolute Gasteiger partial charge is 0.232 e. The molecule has 3 nitrogen and oxygen atoms in total. The summed E-state index contributed by atoms with van der Waals surface area (Å²) in [5.41, 5.74) is -1.16. The van der Waals surface area contributed by atoms with Crippen molar-refractivity contribution in [3.8, 4) is 0 Å². The van der Waals surface area contributed by atoms with E-state index < -0.39 is 54.7 Å². The number of halogens is 7. The Labute approximate surface area is 117 Å². The molecule has 0 heterocycles. The van der Waals surface area contributed by atoms with Crippen LogP contribution in [0.4, 0.5) is 35.9 Å². The standard InChI is InChI=1S/C9H2F7NO2S2/c1-17-7-5(10)2-4(3-6(7)11)20-8(12,13)9(14,15)21(16,18)19/h2-3H. The van der Waals surface area contributed by atoms with Crippen molar-refractivity contribution in [1.29, 1.82) is 0 Å². The lowest BCUT2D eigenvalue weighted by Crippen LogP contribution is -2.42. The van der Waals surface area contributed by atoms with Crippen LogP contribution in [0.2, 0.25) is 0 Å². The van der Waals surface area contributed by atoms with Crippen molar-refractivity contribution in [2.45, 2.75) is 15.4 Å². The second-order valence-corrected chi connectivity index (χ2v) is 6.00. The molecule has 116 valence electrons. The summed E-state index contributed by atoms with van der Waals surface area (Å²) in [7, 11) is -6.95. The molecular weight excluding hydrogens is 351 g/mol. The van der Waals surface area contributed by atoms with Crippen molar-refractivity contribution in [1.82, 2.24) is 0 Å². The van der Waals surface area contributed by atoms with Crippen molar-refractivity contribution >= 4 is 27.7 Å². The van der Waals surface area contributed by atoms with E-state index in [1.54, 1.807) is 0 Å². The van der Waals surface area contributed by atoms with E-state index >= 15 is 0 Å². The Morgan fingerprint density at radius 3 is 1.86 bits per heavy atom. The van der Waals surface area contributed by atoms with Gasteiger partial charge in [-0.05, 0) is 23.9 Å². The molecule has 1 rings (SSSR count). The molecule has 0 N–H and O–H groups in total. The van der Waals surface area contributed by atoms with Gasteiger partial charge in [0.25, 0.3) is 5.69 Å². The quantitative estimate of drug-likeness (QED) is 0.354. The van der Waals surface area contributed by atoms with Gasteiger partial charge in [-0.25, -0.2) is 13.6 Å². The van der Waals surface area contributed by atoms with E-state index in [1.807, 2.05) is 0 Å². The molecule has 0 aliphatic carbocycles. The minimum Gasteiger partial charge on any atom is -0.232 e. The maximum absolute atomic E-state index is 13.1. The summed E-state index contributed by atoms with van der Waals surface area (Å²) < 4.78 is 110. The molecule has 0 atom stereocenters. The van der Waals surface area contributed by atoms with Crippen LogP contribution < -0.4 is 0 Å². The Kier molecular flexibility index (Phi) is 4.50. The first kappa shape index (κ1) is 17.6.